The van der Waals surface area contributed by atoms with Crippen LogP contribution >= 0.6 is 0 Å². The second-order valence-electron chi connectivity index (χ2n) is 7.50. The summed E-state index contributed by atoms with van der Waals surface area (Å²) in [5.41, 5.74) is 5.31. The lowest BCUT2D eigenvalue weighted by atomic mass is 9.55. The SMILES string of the molecule is CC(C)c1ccc2c(c1)[C@@]1(C)CCCC(C)[C@@H]1CC2. The molecular weight excluding hydrogens is 228 g/mol. The van der Waals surface area contributed by atoms with Gasteiger partial charge in [-0.05, 0) is 59.1 Å². The van der Waals surface area contributed by atoms with E-state index in [9.17, 15) is 0 Å². The van der Waals surface area contributed by atoms with Crippen LogP contribution in [0.25, 0.3) is 0 Å². The standard InChI is InChI=1S/C19H28/c1-13(2)16-8-7-15-9-10-17-14(3)6-5-11-19(17,4)18(15)12-16/h7-8,12-14,17H,5-6,9-11H2,1-4H3/t14?,17-,19-/m0/s1. The van der Waals surface area contributed by atoms with Crippen molar-refractivity contribution < 1.29 is 0 Å². The zero-order valence-electron chi connectivity index (χ0n) is 13.0. The van der Waals surface area contributed by atoms with E-state index in [4.69, 9.17) is 0 Å². The molecule has 0 saturated heterocycles. The molecule has 104 valence electrons. The number of aryl methyl sites for hydroxylation is 1. The van der Waals surface area contributed by atoms with Gasteiger partial charge in [0.1, 0.15) is 0 Å². The zero-order chi connectivity index (χ0) is 13.6. The molecule has 3 atom stereocenters. The molecule has 1 aromatic rings. The average molecular weight is 256 g/mol. The van der Waals surface area contributed by atoms with Crippen molar-refractivity contribution in [3.05, 3.63) is 34.9 Å². The molecule has 0 N–H and O–H groups in total. The van der Waals surface area contributed by atoms with Crippen molar-refractivity contribution in [2.24, 2.45) is 11.8 Å². The first kappa shape index (κ1) is 13.2. The fourth-order valence-corrected chi connectivity index (χ4v) is 4.76. The minimum Gasteiger partial charge on any atom is -0.0622 e. The fourth-order valence-electron chi connectivity index (χ4n) is 4.76. The van der Waals surface area contributed by atoms with E-state index in [1.54, 1.807) is 11.1 Å². The van der Waals surface area contributed by atoms with Crippen LogP contribution in [0.3, 0.4) is 0 Å². The van der Waals surface area contributed by atoms with Gasteiger partial charge in [0.25, 0.3) is 0 Å². The lowest BCUT2D eigenvalue weighted by Gasteiger charge is -2.49. The Morgan fingerprint density at radius 3 is 2.74 bits per heavy atom. The van der Waals surface area contributed by atoms with Crippen LogP contribution < -0.4 is 0 Å². The molecule has 1 fully saturated rings. The van der Waals surface area contributed by atoms with E-state index >= 15 is 0 Å². The van der Waals surface area contributed by atoms with E-state index in [2.05, 4.69) is 45.9 Å². The molecule has 0 nitrogen and oxygen atoms in total. The van der Waals surface area contributed by atoms with E-state index < -0.39 is 0 Å². The van der Waals surface area contributed by atoms with Crippen LogP contribution in [0.4, 0.5) is 0 Å². The molecule has 2 aliphatic rings. The number of fused-ring (bicyclic) bond motifs is 3. The summed E-state index contributed by atoms with van der Waals surface area (Å²) in [5, 5.41) is 0. The van der Waals surface area contributed by atoms with E-state index in [1.165, 1.54) is 37.7 Å². The van der Waals surface area contributed by atoms with Crippen LogP contribution in [0, 0.1) is 11.8 Å². The third-order valence-electron chi connectivity index (χ3n) is 6.00. The van der Waals surface area contributed by atoms with Crippen LogP contribution in [-0.4, -0.2) is 0 Å². The topological polar surface area (TPSA) is 0 Å². The Labute approximate surface area is 118 Å². The molecule has 2 aliphatic carbocycles. The highest BCUT2D eigenvalue weighted by atomic mass is 14.5. The molecule has 0 amide bonds. The van der Waals surface area contributed by atoms with Crippen molar-refractivity contribution >= 4 is 0 Å². The van der Waals surface area contributed by atoms with Crippen LogP contribution in [-0.2, 0) is 11.8 Å². The Kier molecular flexibility index (Phi) is 3.23. The summed E-state index contributed by atoms with van der Waals surface area (Å²) in [6.07, 6.45) is 6.97. The first-order valence-electron chi connectivity index (χ1n) is 8.15. The first-order valence-corrected chi connectivity index (χ1v) is 8.15. The van der Waals surface area contributed by atoms with Crippen LogP contribution in [0.5, 0.6) is 0 Å². The second-order valence-corrected chi connectivity index (χ2v) is 7.50. The summed E-state index contributed by atoms with van der Waals surface area (Å²) >= 11 is 0. The van der Waals surface area contributed by atoms with Gasteiger partial charge in [-0.25, -0.2) is 0 Å². The number of rotatable bonds is 1. The van der Waals surface area contributed by atoms with Crippen molar-refractivity contribution in [2.45, 2.75) is 71.1 Å². The van der Waals surface area contributed by atoms with E-state index in [0.717, 1.165) is 11.8 Å². The molecule has 0 heterocycles. The maximum Gasteiger partial charge on any atom is -0.00416 e. The molecule has 0 heteroatoms. The number of hydrogen-bond donors (Lipinski definition) is 0. The Morgan fingerprint density at radius 1 is 1.21 bits per heavy atom. The Morgan fingerprint density at radius 2 is 2.00 bits per heavy atom. The van der Waals surface area contributed by atoms with Gasteiger partial charge in [-0.2, -0.15) is 0 Å². The zero-order valence-corrected chi connectivity index (χ0v) is 13.0. The van der Waals surface area contributed by atoms with Gasteiger partial charge in [-0.1, -0.05) is 58.7 Å². The lowest BCUT2D eigenvalue weighted by molar-refractivity contribution is 0.118. The maximum atomic E-state index is 2.55. The van der Waals surface area contributed by atoms with Crippen LogP contribution in [0.15, 0.2) is 18.2 Å². The van der Waals surface area contributed by atoms with Gasteiger partial charge in [0.2, 0.25) is 0 Å². The molecule has 0 radical (unpaired) electrons. The summed E-state index contributed by atoms with van der Waals surface area (Å²) in [6.45, 7) is 9.66. The van der Waals surface area contributed by atoms with Crippen molar-refractivity contribution in [3.63, 3.8) is 0 Å². The summed E-state index contributed by atoms with van der Waals surface area (Å²) < 4.78 is 0. The second kappa shape index (κ2) is 4.65. The van der Waals surface area contributed by atoms with Crippen molar-refractivity contribution in [1.29, 1.82) is 0 Å². The van der Waals surface area contributed by atoms with Crippen LogP contribution in [0.1, 0.15) is 76.0 Å². The summed E-state index contributed by atoms with van der Waals surface area (Å²) in [6, 6.07) is 7.33. The van der Waals surface area contributed by atoms with Gasteiger partial charge in [0.05, 0.1) is 0 Å². The summed E-state index contributed by atoms with van der Waals surface area (Å²) in [5.74, 6) is 2.47. The molecule has 0 aliphatic heterocycles. The Hall–Kier alpha value is -0.780. The van der Waals surface area contributed by atoms with Gasteiger partial charge in [0, 0.05) is 0 Å². The third kappa shape index (κ3) is 2.04. The van der Waals surface area contributed by atoms with E-state index in [1.807, 2.05) is 0 Å². The number of hydrogen-bond acceptors (Lipinski definition) is 0. The molecular formula is C19H28. The average Bonchev–Trinajstić information content (AvgIpc) is 2.38. The molecule has 1 aromatic carbocycles. The normalized spacial score (nSPS) is 33.9. The van der Waals surface area contributed by atoms with Crippen LogP contribution in [0.2, 0.25) is 0 Å². The molecule has 3 rings (SSSR count). The highest BCUT2D eigenvalue weighted by molar-refractivity contribution is 5.41. The molecule has 19 heavy (non-hydrogen) atoms. The third-order valence-corrected chi connectivity index (χ3v) is 6.00. The largest absolute Gasteiger partial charge is 0.0622 e. The van der Waals surface area contributed by atoms with Gasteiger partial charge < -0.3 is 0 Å². The molecule has 1 saturated carbocycles. The van der Waals surface area contributed by atoms with Gasteiger partial charge in [0.15, 0.2) is 0 Å². The molecule has 0 aromatic heterocycles. The predicted molar refractivity (Wildman–Crippen MR) is 82.7 cm³/mol. The lowest BCUT2D eigenvalue weighted by Crippen LogP contribution is -2.43. The Bertz CT molecular complexity index is 471. The quantitative estimate of drug-likeness (QED) is 0.626. The van der Waals surface area contributed by atoms with E-state index in [0.29, 0.717) is 11.3 Å². The highest BCUT2D eigenvalue weighted by Crippen LogP contribution is 2.52. The first-order chi connectivity index (χ1) is 9.02. The summed E-state index contributed by atoms with van der Waals surface area (Å²) in [4.78, 5) is 0. The Balaban J connectivity index is 2.08. The smallest absolute Gasteiger partial charge is 0.00416 e. The minimum atomic E-state index is 0.455. The van der Waals surface area contributed by atoms with Gasteiger partial charge in [-0.15, -0.1) is 0 Å². The summed E-state index contributed by atoms with van der Waals surface area (Å²) in [7, 11) is 0. The highest BCUT2D eigenvalue weighted by Gasteiger charge is 2.44. The molecule has 0 bridgehead atoms. The monoisotopic (exact) mass is 256 g/mol. The minimum absolute atomic E-state index is 0.455. The van der Waals surface area contributed by atoms with Crippen molar-refractivity contribution in [2.75, 3.05) is 0 Å². The fraction of sp³-hybridized carbons (Fsp3) is 0.684. The molecule has 1 unspecified atom stereocenters. The molecule has 0 spiro atoms. The number of benzene rings is 1. The predicted octanol–water partition coefficient (Wildman–Crippen LogP) is 5.45. The van der Waals surface area contributed by atoms with Crippen molar-refractivity contribution in [1.82, 2.24) is 0 Å². The van der Waals surface area contributed by atoms with Gasteiger partial charge >= 0.3 is 0 Å². The van der Waals surface area contributed by atoms with E-state index in [-0.39, 0.29) is 0 Å². The maximum absolute atomic E-state index is 2.55. The van der Waals surface area contributed by atoms with Gasteiger partial charge in [-0.3, -0.25) is 0 Å². The van der Waals surface area contributed by atoms with Crippen molar-refractivity contribution in [3.8, 4) is 0 Å².